The van der Waals surface area contributed by atoms with Crippen LogP contribution in [-0.4, -0.2) is 10.8 Å². The van der Waals surface area contributed by atoms with Gasteiger partial charge in [0.2, 0.25) is 0 Å². The Morgan fingerprint density at radius 2 is 2.31 bits per heavy atom. The summed E-state index contributed by atoms with van der Waals surface area (Å²) in [6.07, 6.45) is 2.05. The minimum absolute atomic E-state index is 0.0526. The maximum absolute atomic E-state index is 11.9. The van der Waals surface area contributed by atoms with E-state index >= 15 is 0 Å². The van der Waals surface area contributed by atoms with Crippen LogP contribution >= 0.6 is 22.9 Å². The molecule has 0 unspecified atom stereocenters. The molecule has 4 heteroatoms. The van der Waals surface area contributed by atoms with E-state index in [0.717, 1.165) is 10.6 Å². The maximum atomic E-state index is 11.9. The fraction of sp³-hybridized carbons (Fsp3) is 0.167. The molecule has 16 heavy (non-hydrogen) atoms. The van der Waals surface area contributed by atoms with E-state index in [-0.39, 0.29) is 5.78 Å². The van der Waals surface area contributed by atoms with E-state index in [1.807, 2.05) is 18.4 Å². The average Bonchev–Trinajstić information content (AvgIpc) is 2.74. The smallest absolute Gasteiger partial charge is 0.169 e. The number of hydrogen-bond acceptors (Lipinski definition) is 3. The van der Waals surface area contributed by atoms with Gasteiger partial charge in [-0.15, -0.1) is 11.3 Å². The number of ketones is 1. The summed E-state index contributed by atoms with van der Waals surface area (Å²) in [5.74, 6) is 0.0526. The van der Waals surface area contributed by atoms with Gasteiger partial charge in [-0.25, -0.2) is 4.98 Å². The van der Waals surface area contributed by atoms with E-state index in [4.69, 9.17) is 11.6 Å². The van der Waals surface area contributed by atoms with E-state index in [2.05, 4.69) is 4.98 Å². The first-order valence-electron chi connectivity index (χ1n) is 4.84. The number of benzene rings is 1. The van der Waals surface area contributed by atoms with E-state index in [1.165, 1.54) is 11.3 Å². The van der Waals surface area contributed by atoms with Crippen LogP contribution in [0.4, 0.5) is 0 Å². The zero-order valence-electron chi connectivity index (χ0n) is 8.74. The van der Waals surface area contributed by atoms with Crippen molar-refractivity contribution in [2.45, 2.75) is 13.3 Å². The number of carbonyl (C=O) groups excluding carboxylic acids is 1. The Morgan fingerprint density at radius 1 is 1.50 bits per heavy atom. The van der Waals surface area contributed by atoms with E-state index in [9.17, 15) is 4.79 Å². The van der Waals surface area contributed by atoms with Gasteiger partial charge >= 0.3 is 0 Å². The number of thiazole rings is 1. The Bertz CT molecular complexity index is 508. The molecule has 0 fully saturated rings. The zero-order valence-corrected chi connectivity index (χ0v) is 10.3. The second-order valence-electron chi connectivity index (χ2n) is 3.49. The molecule has 0 aliphatic heterocycles. The molecule has 1 aromatic carbocycles. The lowest BCUT2D eigenvalue weighted by atomic mass is 10.1. The van der Waals surface area contributed by atoms with Crippen LogP contribution in [0, 0.1) is 6.92 Å². The van der Waals surface area contributed by atoms with E-state index < -0.39 is 0 Å². The number of aromatic nitrogens is 1. The van der Waals surface area contributed by atoms with Crippen LogP contribution in [0.25, 0.3) is 0 Å². The molecule has 0 amide bonds. The molecule has 1 heterocycles. The fourth-order valence-electron chi connectivity index (χ4n) is 1.35. The summed E-state index contributed by atoms with van der Waals surface area (Å²) in [5.41, 5.74) is 1.62. The summed E-state index contributed by atoms with van der Waals surface area (Å²) in [6, 6.07) is 5.38. The van der Waals surface area contributed by atoms with Crippen molar-refractivity contribution in [3.8, 4) is 0 Å². The van der Waals surface area contributed by atoms with Gasteiger partial charge in [0.1, 0.15) is 5.01 Å². The van der Waals surface area contributed by atoms with Gasteiger partial charge < -0.3 is 0 Å². The van der Waals surface area contributed by atoms with Gasteiger partial charge in [-0.2, -0.15) is 0 Å². The molecule has 1 aromatic heterocycles. The molecule has 0 N–H and O–H groups in total. The van der Waals surface area contributed by atoms with Gasteiger partial charge in [-0.1, -0.05) is 23.7 Å². The van der Waals surface area contributed by atoms with Crippen molar-refractivity contribution >= 4 is 28.7 Å². The first-order chi connectivity index (χ1) is 7.66. The van der Waals surface area contributed by atoms with Crippen LogP contribution in [0.15, 0.2) is 29.8 Å². The highest BCUT2D eigenvalue weighted by molar-refractivity contribution is 7.09. The minimum Gasteiger partial charge on any atom is -0.294 e. The third kappa shape index (κ3) is 2.49. The number of aryl methyl sites for hydroxylation is 1. The van der Waals surface area contributed by atoms with Crippen molar-refractivity contribution in [2.24, 2.45) is 0 Å². The van der Waals surface area contributed by atoms with Gasteiger partial charge in [0.15, 0.2) is 5.78 Å². The predicted octanol–water partition coefficient (Wildman–Crippen LogP) is 3.53. The molecule has 0 bridgehead atoms. The average molecular weight is 252 g/mol. The van der Waals surface area contributed by atoms with Crippen molar-refractivity contribution < 1.29 is 4.79 Å². The van der Waals surface area contributed by atoms with Crippen LogP contribution in [0.3, 0.4) is 0 Å². The summed E-state index contributed by atoms with van der Waals surface area (Å²) in [5, 5.41) is 3.33. The number of rotatable bonds is 3. The largest absolute Gasteiger partial charge is 0.294 e. The monoisotopic (exact) mass is 251 g/mol. The Hall–Kier alpha value is -1.19. The molecule has 0 spiro atoms. The molecule has 0 aliphatic rings. The second-order valence-corrected chi connectivity index (χ2v) is 4.88. The van der Waals surface area contributed by atoms with Crippen molar-refractivity contribution in [1.29, 1.82) is 0 Å². The lowest BCUT2D eigenvalue weighted by Gasteiger charge is -2.02. The van der Waals surface area contributed by atoms with Crippen LogP contribution in [0.5, 0.6) is 0 Å². The predicted molar refractivity (Wildman–Crippen MR) is 66.3 cm³/mol. The summed E-state index contributed by atoms with van der Waals surface area (Å²) >= 11 is 7.46. The molecule has 2 aromatic rings. The Labute approximate surface area is 103 Å². The van der Waals surface area contributed by atoms with Crippen molar-refractivity contribution in [2.75, 3.05) is 0 Å². The van der Waals surface area contributed by atoms with Crippen molar-refractivity contribution in [3.05, 3.63) is 50.9 Å². The topological polar surface area (TPSA) is 30.0 Å². The first-order valence-corrected chi connectivity index (χ1v) is 6.10. The Morgan fingerprint density at radius 3 is 2.94 bits per heavy atom. The molecule has 0 radical (unpaired) electrons. The van der Waals surface area contributed by atoms with Crippen LogP contribution in [0.1, 0.15) is 20.9 Å². The lowest BCUT2D eigenvalue weighted by molar-refractivity contribution is 0.0993. The first kappa shape index (κ1) is 11.3. The number of carbonyl (C=O) groups is 1. The zero-order chi connectivity index (χ0) is 11.5. The molecular weight excluding hydrogens is 242 g/mol. The molecule has 0 atom stereocenters. The molecule has 82 valence electrons. The summed E-state index contributed by atoms with van der Waals surface area (Å²) in [7, 11) is 0. The number of hydrogen-bond donors (Lipinski definition) is 0. The Balaban J connectivity index is 2.18. The van der Waals surface area contributed by atoms with Gasteiger partial charge in [0, 0.05) is 22.2 Å². The van der Waals surface area contributed by atoms with Crippen molar-refractivity contribution in [1.82, 2.24) is 4.98 Å². The van der Waals surface area contributed by atoms with Crippen LogP contribution in [0.2, 0.25) is 5.02 Å². The van der Waals surface area contributed by atoms with Gasteiger partial charge in [0.25, 0.3) is 0 Å². The van der Waals surface area contributed by atoms with Gasteiger partial charge in [-0.3, -0.25) is 4.79 Å². The highest BCUT2D eigenvalue weighted by atomic mass is 35.5. The highest BCUT2D eigenvalue weighted by Crippen LogP contribution is 2.18. The van der Waals surface area contributed by atoms with Gasteiger partial charge in [0.05, 0.1) is 6.42 Å². The standard InChI is InChI=1S/C12H10ClNOS/c1-8-2-3-9(6-10(8)13)11(15)7-12-14-4-5-16-12/h2-6H,7H2,1H3. The third-order valence-corrected chi connectivity index (χ3v) is 3.48. The third-order valence-electron chi connectivity index (χ3n) is 2.29. The number of halogens is 1. The summed E-state index contributed by atoms with van der Waals surface area (Å²) < 4.78 is 0. The lowest BCUT2D eigenvalue weighted by Crippen LogP contribution is -2.03. The maximum Gasteiger partial charge on any atom is 0.169 e. The molecule has 0 aliphatic carbocycles. The minimum atomic E-state index is 0.0526. The molecule has 0 saturated carbocycles. The van der Waals surface area contributed by atoms with E-state index in [1.54, 1.807) is 18.3 Å². The Kier molecular flexibility index (Phi) is 3.36. The molecule has 2 nitrogen and oxygen atoms in total. The number of nitrogens with zero attached hydrogens (tertiary/aromatic N) is 1. The van der Waals surface area contributed by atoms with E-state index in [0.29, 0.717) is 17.0 Å². The molecule has 2 rings (SSSR count). The number of Topliss-reactive ketones (excluding diaryl/α,β-unsaturated/α-hetero) is 1. The second kappa shape index (κ2) is 4.76. The van der Waals surface area contributed by atoms with Crippen LogP contribution in [-0.2, 0) is 6.42 Å². The fourth-order valence-corrected chi connectivity index (χ4v) is 2.14. The molecular formula is C12H10ClNOS. The summed E-state index contributed by atoms with van der Waals surface area (Å²) in [6.45, 7) is 1.91. The normalized spacial score (nSPS) is 10.4. The highest BCUT2D eigenvalue weighted by Gasteiger charge is 2.09. The van der Waals surface area contributed by atoms with Crippen molar-refractivity contribution in [3.63, 3.8) is 0 Å². The molecule has 0 saturated heterocycles. The SMILES string of the molecule is Cc1ccc(C(=O)Cc2nccs2)cc1Cl. The quantitative estimate of drug-likeness (QED) is 0.781. The van der Waals surface area contributed by atoms with Gasteiger partial charge in [-0.05, 0) is 18.6 Å². The summed E-state index contributed by atoms with van der Waals surface area (Å²) in [4.78, 5) is 16.0. The van der Waals surface area contributed by atoms with Crippen LogP contribution < -0.4 is 0 Å².